The van der Waals surface area contributed by atoms with Crippen molar-refractivity contribution in [3.05, 3.63) is 60.8 Å². The number of allylic oxidation sites excluding steroid dienone is 10. The van der Waals surface area contributed by atoms with Crippen LogP contribution >= 0.6 is 0 Å². The molecule has 0 rings (SSSR count). The van der Waals surface area contributed by atoms with Gasteiger partial charge in [0.15, 0.2) is 6.10 Å². The third-order valence-corrected chi connectivity index (χ3v) is 16.3. The van der Waals surface area contributed by atoms with Crippen LogP contribution in [0.15, 0.2) is 60.8 Å². The quantitative estimate of drug-likeness (QED) is 0.0261. The molecule has 82 heavy (non-hydrogen) atoms. The van der Waals surface area contributed by atoms with Crippen LogP contribution in [0.4, 0.5) is 0 Å². The molecule has 0 spiro atoms. The van der Waals surface area contributed by atoms with Crippen molar-refractivity contribution in [2.24, 2.45) is 0 Å². The first-order valence-electron chi connectivity index (χ1n) is 36.3. The van der Waals surface area contributed by atoms with Gasteiger partial charge in [-0.2, -0.15) is 0 Å². The predicted molar refractivity (Wildman–Crippen MR) is 358 cm³/mol. The summed E-state index contributed by atoms with van der Waals surface area (Å²) in [6, 6.07) is 0. The summed E-state index contributed by atoms with van der Waals surface area (Å²) in [7, 11) is 0. The molecule has 0 saturated heterocycles. The van der Waals surface area contributed by atoms with Gasteiger partial charge in [-0.3, -0.25) is 14.4 Å². The number of esters is 3. The normalized spacial score (nSPS) is 12.4. The molecule has 0 aliphatic heterocycles. The second kappa shape index (κ2) is 70.6. The molecule has 0 aromatic carbocycles. The lowest BCUT2D eigenvalue weighted by Crippen LogP contribution is -2.30. The van der Waals surface area contributed by atoms with Crippen molar-refractivity contribution < 1.29 is 28.6 Å². The topological polar surface area (TPSA) is 78.9 Å². The van der Waals surface area contributed by atoms with Gasteiger partial charge in [0.2, 0.25) is 0 Å². The van der Waals surface area contributed by atoms with Crippen molar-refractivity contribution in [1.29, 1.82) is 0 Å². The standard InChI is InChI=1S/C76H138O6/c1-4-7-10-13-16-19-22-25-28-30-32-34-36-38-40-41-43-45-48-51-54-57-60-63-66-69-75(78)81-72-73(71-80-74(77)68-65-62-59-56-53-50-47-27-24-21-18-15-12-9-6-3)82-76(79)70-67-64-61-58-55-52-49-46-44-42-39-37-35-33-31-29-26-23-20-17-14-11-8-5-2/h7,10,16,19,25,28,32,34,38,40,73H,4-6,8-9,11-15,17-18,20-24,26-27,29-31,33,35-37,39,41-72H2,1-3H3/b10-7-,19-16-,28-25-,34-32-,40-38-. The van der Waals surface area contributed by atoms with Gasteiger partial charge in [0.25, 0.3) is 0 Å². The Hall–Kier alpha value is -2.89. The largest absolute Gasteiger partial charge is 0.462 e. The van der Waals surface area contributed by atoms with E-state index >= 15 is 0 Å². The van der Waals surface area contributed by atoms with Gasteiger partial charge < -0.3 is 14.2 Å². The molecular formula is C76H138O6. The molecule has 0 aromatic rings. The molecule has 0 aliphatic rings. The van der Waals surface area contributed by atoms with Crippen molar-refractivity contribution in [2.45, 2.75) is 393 Å². The van der Waals surface area contributed by atoms with Gasteiger partial charge >= 0.3 is 17.9 Å². The van der Waals surface area contributed by atoms with Crippen LogP contribution in [0.3, 0.4) is 0 Å². The van der Waals surface area contributed by atoms with Gasteiger partial charge in [0, 0.05) is 19.3 Å². The number of ether oxygens (including phenoxy) is 3. The number of unbranched alkanes of at least 4 members (excludes halogenated alkanes) is 46. The highest BCUT2D eigenvalue weighted by molar-refractivity contribution is 5.71. The van der Waals surface area contributed by atoms with E-state index in [1.165, 1.54) is 250 Å². The van der Waals surface area contributed by atoms with Crippen molar-refractivity contribution in [2.75, 3.05) is 13.2 Å². The van der Waals surface area contributed by atoms with E-state index in [0.29, 0.717) is 19.3 Å². The number of carbonyl (C=O) groups excluding carboxylic acids is 3. The fourth-order valence-corrected chi connectivity index (χ4v) is 10.9. The summed E-state index contributed by atoms with van der Waals surface area (Å²) in [4.78, 5) is 38.5. The van der Waals surface area contributed by atoms with E-state index in [0.717, 1.165) is 96.3 Å². The van der Waals surface area contributed by atoms with Crippen LogP contribution in [0, 0.1) is 0 Å². The minimum atomic E-state index is -0.775. The van der Waals surface area contributed by atoms with E-state index in [1.807, 2.05) is 0 Å². The fraction of sp³-hybridized carbons (Fsp3) is 0.829. The monoisotopic (exact) mass is 1150 g/mol. The van der Waals surface area contributed by atoms with Crippen LogP contribution in [-0.4, -0.2) is 37.2 Å². The molecule has 0 heterocycles. The van der Waals surface area contributed by atoms with Gasteiger partial charge in [-0.1, -0.05) is 364 Å². The SMILES string of the molecule is CC/C=C\C/C=C\C/C=C\C/C=C\C/C=C\CCCCCCCCCCCC(=O)OCC(COC(=O)CCCCCCCCCCCCCCCCC)OC(=O)CCCCCCCCCCCCCCCCCCCCCCCCCC. The molecule has 0 saturated carbocycles. The fourth-order valence-electron chi connectivity index (χ4n) is 10.9. The number of carbonyl (C=O) groups is 3. The molecule has 6 nitrogen and oxygen atoms in total. The molecule has 0 fully saturated rings. The minimum Gasteiger partial charge on any atom is -0.462 e. The zero-order valence-electron chi connectivity index (χ0n) is 55.0. The van der Waals surface area contributed by atoms with Crippen LogP contribution in [0.1, 0.15) is 387 Å². The maximum atomic E-state index is 13.0. The Morgan fingerprint density at radius 3 is 0.744 bits per heavy atom. The molecule has 0 aromatic heterocycles. The number of hydrogen-bond acceptors (Lipinski definition) is 6. The zero-order valence-corrected chi connectivity index (χ0v) is 55.0. The third kappa shape index (κ3) is 67.9. The van der Waals surface area contributed by atoms with Gasteiger partial charge in [-0.05, 0) is 64.2 Å². The van der Waals surface area contributed by atoms with E-state index in [2.05, 4.69) is 81.5 Å². The first-order chi connectivity index (χ1) is 40.5. The Balaban J connectivity index is 4.29. The van der Waals surface area contributed by atoms with Crippen molar-refractivity contribution in [3.63, 3.8) is 0 Å². The summed E-state index contributed by atoms with van der Waals surface area (Å²) >= 11 is 0. The van der Waals surface area contributed by atoms with Crippen LogP contribution in [0.5, 0.6) is 0 Å². The molecule has 0 N–H and O–H groups in total. The Bertz CT molecular complexity index is 1460. The smallest absolute Gasteiger partial charge is 0.306 e. The maximum Gasteiger partial charge on any atom is 0.306 e. The highest BCUT2D eigenvalue weighted by Gasteiger charge is 2.19. The van der Waals surface area contributed by atoms with E-state index in [1.54, 1.807) is 0 Å². The molecule has 6 heteroatoms. The Morgan fingerprint density at radius 1 is 0.256 bits per heavy atom. The summed E-state index contributed by atoms with van der Waals surface area (Å²) in [6.45, 7) is 6.60. The summed E-state index contributed by atoms with van der Waals surface area (Å²) < 4.78 is 17.0. The van der Waals surface area contributed by atoms with Crippen molar-refractivity contribution in [3.8, 4) is 0 Å². The highest BCUT2D eigenvalue weighted by atomic mass is 16.6. The molecule has 478 valence electrons. The average molecular weight is 1150 g/mol. The predicted octanol–water partition coefficient (Wildman–Crippen LogP) is 25.1. The van der Waals surface area contributed by atoms with Crippen LogP contribution in [-0.2, 0) is 28.6 Å². The molecule has 1 atom stereocenters. The first kappa shape index (κ1) is 79.1. The lowest BCUT2D eigenvalue weighted by Gasteiger charge is -2.18. The average Bonchev–Trinajstić information content (AvgIpc) is 3.47. The van der Waals surface area contributed by atoms with Crippen molar-refractivity contribution in [1.82, 2.24) is 0 Å². The molecule has 0 bridgehead atoms. The van der Waals surface area contributed by atoms with E-state index in [4.69, 9.17) is 14.2 Å². The molecule has 0 aliphatic carbocycles. The second-order valence-corrected chi connectivity index (χ2v) is 24.5. The summed E-state index contributed by atoms with van der Waals surface area (Å²) in [5, 5.41) is 0. The molecule has 1 unspecified atom stereocenters. The highest BCUT2D eigenvalue weighted by Crippen LogP contribution is 2.19. The van der Waals surface area contributed by atoms with E-state index in [-0.39, 0.29) is 31.1 Å². The van der Waals surface area contributed by atoms with E-state index in [9.17, 15) is 14.4 Å². The first-order valence-corrected chi connectivity index (χ1v) is 36.3. The Labute approximate surface area is 510 Å². The number of hydrogen-bond donors (Lipinski definition) is 0. The maximum absolute atomic E-state index is 13.0. The third-order valence-electron chi connectivity index (χ3n) is 16.3. The Morgan fingerprint density at radius 2 is 0.476 bits per heavy atom. The lowest BCUT2D eigenvalue weighted by molar-refractivity contribution is -0.167. The van der Waals surface area contributed by atoms with Gasteiger partial charge in [0.1, 0.15) is 13.2 Å². The van der Waals surface area contributed by atoms with Crippen LogP contribution in [0.2, 0.25) is 0 Å². The second-order valence-electron chi connectivity index (χ2n) is 24.5. The lowest BCUT2D eigenvalue weighted by atomic mass is 10.0. The van der Waals surface area contributed by atoms with Crippen LogP contribution in [0.25, 0.3) is 0 Å². The van der Waals surface area contributed by atoms with Crippen molar-refractivity contribution >= 4 is 17.9 Å². The summed E-state index contributed by atoms with van der Waals surface area (Å²) in [5.41, 5.74) is 0. The van der Waals surface area contributed by atoms with Crippen LogP contribution < -0.4 is 0 Å². The molecule has 0 amide bonds. The van der Waals surface area contributed by atoms with Gasteiger partial charge in [0.05, 0.1) is 0 Å². The minimum absolute atomic E-state index is 0.0700. The molecular weight excluding hydrogens is 1010 g/mol. The van der Waals surface area contributed by atoms with Gasteiger partial charge in [-0.25, -0.2) is 0 Å². The summed E-state index contributed by atoms with van der Waals surface area (Å²) in [5.74, 6) is -0.847. The number of rotatable bonds is 67. The van der Waals surface area contributed by atoms with E-state index < -0.39 is 6.10 Å². The zero-order chi connectivity index (χ0) is 59.2. The van der Waals surface area contributed by atoms with Gasteiger partial charge in [-0.15, -0.1) is 0 Å². The summed E-state index contributed by atoms with van der Waals surface area (Å²) in [6.07, 6.45) is 91.1. The Kier molecular flexibility index (Phi) is 68.1. The molecule has 0 radical (unpaired) electrons.